The minimum Gasteiger partial charge on any atom is -0.304 e. The fraction of sp³-hybridized carbons (Fsp3) is 0.857. The smallest absolute Gasteiger partial charge is 0.0638 e. The summed E-state index contributed by atoms with van der Waals surface area (Å²) in [5.74, 6) is 0. The third-order valence-corrected chi connectivity index (χ3v) is 6.93. The largest absolute Gasteiger partial charge is 0.304 e. The summed E-state index contributed by atoms with van der Waals surface area (Å²) in [7, 11) is 2.22. The minimum absolute atomic E-state index is 0.881. The Morgan fingerprint density at radius 2 is 1.56 bits per heavy atom. The molecule has 1 aromatic rings. The Morgan fingerprint density at radius 3 is 2.26 bits per heavy atom. The number of nitrogens with zero attached hydrogens (tertiary/aromatic N) is 6. The van der Waals surface area contributed by atoms with Crippen LogP contribution >= 0.6 is 0 Å². The van der Waals surface area contributed by atoms with Gasteiger partial charge in [-0.15, -0.1) is 0 Å². The van der Waals surface area contributed by atoms with Crippen LogP contribution in [0.3, 0.4) is 0 Å². The van der Waals surface area contributed by atoms with Crippen LogP contribution in [-0.2, 0) is 13.1 Å². The summed E-state index contributed by atoms with van der Waals surface area (Å²) in [5.41, 5.74) is 2.63. The quantitative estimate of drug-likeness (QED) is 0.753. The normalized spacial score (nSPS) is 24.8. The van der Waals surface area contributed by atoms with Crippen molar-refractivity contribution in [3.05, 3.63) is 17.5 Å². The number of rotatable bonds is 6. The van der Waals surface area contributed by atoms with Crippen molar-refractivity contribution in [1.82, 2.24) is 29.4 Å². The third kappa shape index (κ3) is 5.11. The van der Waals surface area contributed by atoms with E-state index < -0.39 is 0 Å². The van der Waals surface area contributed by atoms with Crippen molar-refractivity contribution in [2.45, 2.75) is 51.7 Å². The summed E-state index contributed by atoms with van der Waals surface area (Å²) in [6.45, 7) is 15.1. The molecule has 0 amide bonds. The summed E-state index contributed by atoms with van der Waals surface area (Å²) in [6.07, 6.45) is 8.04. The molecule has 0 aromatic carbocycles. The maximum absolute atomic E-state index is 4.80. The van der Waals surface area contributed by atoms with Crippen molar-refractivity contribution < 1.29 is 0 Å². The second kappa shape index (κ2) is 9.03. The van der Waals surface area contributed by atoms with Crippen LogP contribution in [0.4, 0.5) is 0 Å². The van der Waals surface area contributed by atoms with Gasteiger partial charge in [-0.25, -0.2) is 0 Å². The van der Waals surface area contributed by atoms with Gasteiger partial charge in [-0.3, -0.25) is 19.4 Å². The van der Waals surface area contributed by atoms with Gasteiger partial charge >= 0.3 is 0 Å². The van der Waals surface area contributed by atoms with Crippen LogP contribution in [-0.4, -0.2) is 101 Å². The number of likely N-dealkylation sites (N-methyl/N-ethyl adjacent to an activating group) is 1. The van der Waals surface area contributed by atoms with Crippen molar-refractivity contribution in [2.75, 3.05) is 66.0 Å². The molecule has 1 aliphatic carbocycles. The summed E-state index contributed by atoms with van der Waals surface area (Å²) in [5, 5.41) is 4.80. The zero-order chi connectivity index (χ0) is 18.6. The van der Waals surface area contributed by atoms with E-state index in [4.69, 9.17) is 5.10 Å². The van der Waals surface area contributed by atoms with Gasteiger partial charge in [0.1, 0.15) is 0 Å². The molecule has 6 heteroatoms. The van der Waals surface area contributed by atoms with Gasteiger partial charge in [-0.2, -0.15) is 5.10 Å². The van der Waals surface area contributed by atoms with Gasteiger partial charge in [0, 0.05) is 83.2 Å². The SMILES string of the molecule is Cc1nn(CCN2CCN(C)CC2)cc1CN1CCN(C2CCCC2)CC1. The highest BCUT2D eigenvalue weighted by Crippen LogP contribution is 2.24. The molecule has 3 heterocycles. The van der Waals surface area contributed by atoms with Crippen LogP contribution in [0.1, 0.15) is 36.9 Å². The van der Waals surface area contributed by atoms with E-state index in [0.717, 1.165) is 25.7 Å². The van der Waals surface area contributed by atoms with Crippen LogP contribution in [0.25, 0.3) is 0 Å². The highest BCUT2D eigenvalue weighted by Gasteiger charge is 2.26. The van der Waals surface area contributed by atoms with E-state index in [1.165, 1.54) is 89.3 Å². The second-order valence-electron chi connectivity index (χ2n) is 8.90. The number of hydrogen-bond donors (Lipinski definition) is 0. The number of piperazine rings is 2. The van der Waals surface area contributed by atoms with E-state index in [2.05, 4.69) is 44.4 Å². The van der Waals surface area contributed by atoms with Crippen molar-refractivity contribution in [3.8, 4) is 0 Å². The molecule has 2 saturated heterocycles. The fourth-order valence-electron chi connectivity index (χ4n) is 4.94. The van der Waals surface area contributed by atoms with Gasteiger partial charge in [-0.05, 0) is 26.8 Å². The molecule has 0 unspecified atom stereocenters. The number of hydrogen-bond acceptors (Lipinski definition) is 5. The van der Waals surface area contributed by atoms with Crippen LogP contribution < -0.4 is 0 Å². The first kappa shape index (κ1) is 19.4. The average molecular weight is 375 g/mol. The van der Waals surface area contributed by atoms with Crippen molar-refractivity contribution in [3.63, 3.8) is 0 Å². The molecular weight excluding hydrogens is 336 g/mol. The number of aromatic nitrogens is 2. The molecule has 0 radical (unpaired) electrons. The molecule has 1 aromatic heterocycles. The highest BCUT2D eigenvalue weighted by molar-refractivity contribution is 5.15. The van der Waals surface area contributed by atoms with Gasteiger partial charge in [0.25, 0.3) is 0 Å². The minimum atomic E-state index is 0.881. The van der Waals surface area contributed by atoms with Crippen LogP contribution in [0, 0.1) is 6.92 Å². The predicted molar refractivity (Wildman–Crippen MR) is 110 cm³/mol. The second-order valence-corrected chi connectivity index (χ2v) is 8.90. The van der Waals surface area contributed by atoms with Crippen molar-refractivity contribution in [2.24, 2.45) is 0 Å². The summed E-state index contributed by atoms with van der Waals surface area (Å²) in [6, 6.07) is 0.881. The fourth-order valence-corrected chi connectivity index (χ4v) is 4.94. The van der Waals surface area contributed by atoms with Crippen LogP contribution in [0.15, 0.2) is 6.20 Å². The number of aryl methyl sites for hydroxylation is 1. The van der Waals surface area contributed by atoms with Gasteiger partial charge in [-0.1, -0.05) is 12.8 Å². The van der Waals surface area contributed by atoms with Gasteiger partial charge in [0.15, 0.2) is 0 Å². The van der Waals surface area contributed by atoms with E-state index in [1.807, 2.05) is 0 Å². The Bertz CT molecular complexity index is 577. The molecular formula is C21H38N6. The first-order valence-electron chi connectivity index (χ1n) is 11.1. The maximum atomic E-state index is 4.80. The molecule has 0 spiro atoms. The Labute approximate surface area is 165 Å². The zero-order valence-electron chi connectivity index (χ0n) is 17.4. The Balaban J connectivity index is 1.23. The lowest BCUT2D eigenvalue weighted by atomic mass is 10.1. The molecule has 27 heavy (non-hydrogen) atoms. The molecule has 0 bridgehead atoms. The molecule has 0 N–H and O–H groups in total. The third-order valence-electron chi connectivity index (χ3n) is 6.93. The van der Waals surface area contributed by atoms with Gasteiger partial charge in [0.2, 0.25) is 0 Å². The van der Waals surface area contributed by atoms with Gasteiger partial charge in [0.05, 0.1) is 12.2 Å². The molecule has 2 aliphatic heterocycles. The summed E-state index contributed by atoms with van der Waals surface area (Å²) < 4.78 is 2.18. The summed E-state index contributed by atoms with van der Waals surface area (Å²) >= 11 is 0. The Hall–Kier alpha value is -0.950. The lowest BCUT2D eigenvalue weighted by Gasteiger charge is -2.38. The zero-order valence-corrected chi connectivity index (χ0v) is 17.4. The van der Waals surface area contributed by atoms with Crippen molar-refractivity contribution >= 4 is 0 Å². The molecule has 6 nitrogen and oxygen atoms in total. The van der Waals surface area contributed by atoms with Crippen molar-refractivity contribution in [1.29, 1.82) is 0 Å². The van der Waals surface area contributed by atoms with E-state index in [9.17, 15) is 0 Å². The van der Waals surface area contributed by atoms with Gasteiger partial charge < -0.3 is 4.90 Å². The predicted octanol–water partition coefficient (Wildman–Crippen LogP) is 1.50. The lowest BCUT2D eigenvalue weighted by molar-refractivity contribution is 0.0936. The first-order chi connectivity index (χ1) is 13.2. The van der Waals surface area contributed by atoms with Crippen LogP contribution in [0.2, 0.25) is 0 Å². The molecule has 3 aliphatic rings. The monoisotopic (exact) mass is 374 g/mol. The molecule has 4 rings (SSSR count). The van der Waals surface area contributed by atoms with E-state index in [-0.39, 0.29) is 0 Å². The maximum Gasteiger partial charge on any atom is 0.0638 e. The highest BCUT2D eigenvalue weighted by atomic mass is 15.3. The summed E-state index contributed by atoms with van der Waals surface area (Å²) in [4.78, 5) is 10.4. The van der Waals surface area contributed by atoms with E-state index in [1.54, 1.807) is 0 Å². The standard InChI is InChI=1S/C21H38N6/c1-19-20(17-25-11-14-26(15-12-25)21-5-3-4-6-21)18-27(22-19)16-13-24-9-7-23(2)8-10-24/h18,21H,3-17H2,1-2H3. The Kier molecular flexibility index (Phi) is 6.48. The average Bonchev–Trinajstić information content (AvgIpc) is 3.33. The molecule has 3 fully saturated rings. The Morgan fingerprint density at radius 1 is 0.889 bits per heavy atom. The molecule has 0 atom stereocenters. The van der Waals surface area contributed by atoms with E-state index >= 15 is 0 Å². The lowest BCUT2D eigenvalue weighted by Crippen LogP contribution is -2.49. The topological polar surface area (TPSA) is 30.8 Å². The first-order valence-corrected chi connectivity index (χ1v) is 11.1. The van der Waals surface area contributed by atoms with Crippen LogP contribution in [0.5, 0.6) is 0 Å². The molecule has 1 saturated carbocycles. The van der Waals surface area contributed by atoms with E-state index in [0.29, 0.717) is 0 Å². The molecule has 152 valence electrons.